The smallest absolute Gasteiger partial charge is 0.356 e. The Morgan fingerprint density at radius 1 is 1.22 bits per heavy atom. The first-order valence-corrected chi connectivity index (χ1v) is 9.36. The van der Waals surface area contributed by atoms with Gasteiger partial charge >= 0.3 is 5.97 Å². The zero-order valence-corrected chi connectivity index (χ0v) is 15.4. The van der Waals surface area contributed by atoms with Crippen LogP contribution in [0.25, 0.3) is 0 Å². The number of para-hydroxylation sites is 1. The Morgan fingerprint density at radius 2 is 1.96 bits per heavy atom. The molecule has 0 radical (unpaired) electrons. The van der Waals surface area contributed by atoms with E-state index in [4.69, 9.17) is 4.74 Å². The molecule has 0 bridgehead atoms. The van der Waals surface area contributed by atoms with Crippen molar-refractivity contribution in [2.24, 2.45) is 5.92 Å². The quantitative estimate of drug-likeness (QED) is 0.774. The minimum atomic E-state index is -0.657. The molecule has 1 heterocycles. The topological polar surface area (TPSA) is 87.7 Å². The number of carbonyl (C=O) groups is 3. The molecule has 1 fully saturated rings. The fraction of sp³-hybridized carbons (Fsp3) is 0.450. The van der Waals surface area contributed by atoms with Gasteiger partial charge in [0, 0.05) is 12.5 Å². The summed E-state index contributed by atoms with van der Waals surface area (Å²) in [6, 6.07) is 9.11. The maximum Gasteiger partial charge on any atom is 0.356 e. The molecule has 1 aromatic carbocycles. The number of rotatable bonds is 5. The lowest BCUT2D eigenvalue weighted by Gasteiger charge is -2.29. The van der Waals surface area contributed by atoms with E-state index in [0.717, 1.165) is 19.3 Å². The Kier molecular flexibility index (Phi) is 6.11. The van der Waals surface area contributed by atoms with Crippen LogP contribution in [0.2, 0.25) is 0 Å². The van der Waals surface area contributed by atoms with Crippen LogP contribution >= 0.6 is 0 Å². The number of carbonyl (C=O) groups excluding carboxylic acids is 3. The molecular weight excluding hydrogens is 346 g/mol. The summed E-state index contributed by atoms with van der Waals surface area (Å²) in [5.41, 5.74) is 3.55. The number of benzene rings is 1. The van der Waals surface area contributed by atoms with Crippen LogP contribution in [0.3, 0.4) is 0 Å². The maximum absolute atomic E-state index is 12.3. The monoisotopic (exact) mass is 371 g/mol. The molecule has 0 saturated heterocycles. The van der Waals surface area contributed by atoms with Crippen molar-refractivity contribution in [3.05, 3.63) is 42.1 Å². The lowest BCUT2D eigenvalue weighted by atomic mass is 9.86. The first-order valence-electron chi connectivity index (χ1n) is 9.36. The van der Waals surface area contributed by atoms with Crippen LogP contribution in [0.5, 0.6) is 0 Å². The first-order chi connectivity index (χ1) is 13.0. The molecule has 3 rings (SSSR count). The molecule has 144 valence electrons. The van der Waals surface area contributed by atoms with Gasteiger partial charge in [0.25, 0.3) is 5.91 Å². The molecule has 7 heteroatoms. The molecule has 0 unspecified atom stereocenters. The number of ether oxygens (including phenoxy) is 1. The van der Waals surface area contributed by atoms with Crippen molar-refractivity contribution in [3.8, 4) is 0 Å². The van der Waals surface area contributed by atoms with Gasteiger partial charge in [0.05, 0.1) is 5.69 Å². The van der Waals surface area contributed by atoms with Crippen LogP contribution in [-0.4, -0.2) is 30.4 Å². The summed E-state index contributed by atoms with van der Waals surface area (Å²) in [7, 11) is 0. The number of hydrazine groups is 1. The molecule has 1 aliphatic heterocycles. The third kappa shape index (κ3) is 4.87. The number of amides is 2. The van der Waals surface area contributed by atoms with E-state index in [-0.39, 0.29) is 36.6 Å². The van der Waals surface area contributed by atoms with E-state index >= 15 is 0 Å². The number of nitrogens with zero attached hydrogens (tertiary/aromatic N) is 1. The van der Waals surface area contributed by atoms with Crippen LogP contribution < -0.4 is 15.8 Å². The number of hydrogen-bond acceptors (Lipinski definition) is 5. The fourth-order valence-electron chi connectivity index (χ4n) is 3.41. The van der Waals surface area contributed by atoms with Gasteiger partial charge in [0.15, 0.2) is 6.61 Å². The van der Waals surface area contributed by atoms with Crippen molar-refractivity contribution in [2.75, 3.05) is 11.6 Å². The zero-order chi connectivity index (χ0) is 19.2. The summed E-state index contributed by atoms with van der Waals surface area (Å²) in [6.07, 6.45) is 5.92. The highest BCUT2D eigenvalue weighted by Crippen LogP contribution is 2.23. The van der Waals surface area contributed by atoms with Gasteiger partial charge in [-0.1, -0.05) is 38.0 Å². The van der Waals surface area contributed by atoms with Crippen molar-refractivity contribution < 1.29 is 19.1 Å². The number of nitrogens with one attached hydrogen (secondary N) is 2. The molecule has 2 amide bonds. The van der Waals surface area contributed by atoms with Crippen LogP contribution in [0, 0.1) is 5.92 Å². The summed E-state index contributed by atoms with van der Waals surface area (Å²) >= 11 is 0. The standard InChI is InChI=1S/C20H25N3O4/c1-14-7-5-6-10-16(14)21-18(24)13-27-20(26)17-11-12-19(25)23(22-17)15-8-3-2-4-9-15/h2-4,8-9,11,14,16,22H,5-7,10,12-13H2,1H3,(H,21,24)/t14-,16-/m1/s1. The Labute approximate surface area is 158 Å². The summed E-state index contributed by atoms with van der Waals surface area (Å²) in [6.45, 7) is 1.79. The molecule has 2 aliphatic rings. The normalized spacial score (nSPS) is 22.5. The second-order valence-corrected chi connectivity index (χ2v) is 7.01. The van der Waals surface area contributed by atoms with Gasteiger partial charge < -0.3 is 10.1 Å². The average molecular weight is 371 g/mol. The van der Waals surface area contributed by atoms with E-state index in [2.05, 4.69) is 17.7 Å². The number of hydrogen-bond donors (Lipinski definition) is 2. The largest absolute Gasteiger partial charge is 0.451 e. The van der Waals surface area contributed by atoms with Gasteiger partial charge in [-0.15, -0.1) is 0 Å². The predicted octanol–water partition coefficient (Wildman–Crippen LogP) is 2.05. The van der Waals surface area contributed by atoms with Gasteiger partial charge in [-0.2, -0.15) is 0 Å². The first kappa shape index (κ1) is 18.9. The lowest BCUT2D eigenvalue weighted by Crippen LogP contribution is -2.47. The van der Waals surface area contributed by atoms with Crippen LogP contribution in [0.15, 0.2) is 42.1 Å². The van der Waals surface area contributed by atoms with Gasteiger partial charge in [0.2, 0.25) is 5.91 Å². The van der Waals surface area contributed by atoms with Gasteiger partial charge in [0.1, 0.15) is 5.70 Å². The average Bonchev–Trinajstić information content (AvgIpc) is 2.69. The van der Waals surface area contributed by atoms with Gasteiger partial charge in [-0.05, 0) is 37.0 Å². The van der Waals surface area contributed by atoms with Crippen LogP contribution in [-0.2, 0) is 19.1 Å². The lowest BCUT2D eigenvalue weighted by molar-refractivity contribution is -0.145. The Balaban J connectivity index is 1.51. The third-order valence-electron chi connectivity index (χ3n) is 4.99. The number of esters is 1. The Hall–Kier alpha value is -2.83. The molecular formula is C20H25N3O4. The third-order valence-corrected chi connectivity index (χ3v) is 4.99. The molecule has 1 aliphatic carbocycles. The molecule has 7 nitrogen and oxygen atoms in total. The molecule has 27 heavy (non-hydrogen) atoms. The predicted molar refractivity (Wildman–Crippen MR) is 100 cm³/mol. The Morgan fingerprint density at radius 3 is 2.70 bits per heavy atom. The van der Waals surface area contributed by atoms with E-state index in [9.17, 15) is 14.4 Å². The van der Waals surface area contributed by atoms with Crippen LogP contribution in [0.1, 0.15) is 39.0 Å². The molecule has 1 saturated carbocycles. The molecule has 2 N–H and O–H groups in total. The highest BCUT2D eigenvalue weighted by Gasteiger charge is 2.26. The summed E-state index contributed by atoms with van der Waals surface area (Å²) in [5, 5.41) is 4.25. The highest BCUT2D eigenvalue weighted by atomic mass is 16.5. The maximum atomic E-state index is 12.3. The highest BCUT2D eigenvalue weighted by molar-refractivity contribution is 5.99. The summed E-state index contributed by atoms with van der Waals surface area (Å²) < 4.78 is 5.12. The summed E-state index contributed by atoms with van der Waals surface area (Å²) in [4.78, 5) is 36.4. The number of anilines is 1. The Bertz CT molecular complexity index is 732. The second-order valence-electron chi connectivity index (χ2n) is 7.01. The van der Waals surface area contributed by atoms with E-state index in [1.165, 1.54) is 17.5 Å². The summed E-state index contributed by atoms with van der Waals surface area (Å²) in [5.74, 6) is -0.696. The van der Waals surface area contributed by atoms with Crippen molar-refractivity contribution >= 4 is 23.5 Å². The zero-order valence-electron chi connectivity index (χ0n) is 15.4. The van der Waals surface area contributed by atoms with Gasteiger partial charge in [-0.25, -0.2) is 9.80 Å². The van der Waals surface area contributed by atoms with Crippen molar-refractivity contribution in [2.45, 2.75) is 45.1 Å². The van der Waals surface area contributed by atoms with Crippen molar-refractivity contribution in [1.29, 1.82) is 0 Å². The van der Waals surface area contributed by atoms with Crippen LogP contribution in [0.4, 0.5) is 5.69 Å². The molecule has 0 spiro atoms. The van der Waals surface area contributed by atoms with E-state index < -0.39 is 5.97 Å². The van der Waals surface area contributed by atoms with E-state index in [0.29, 0.717) is 11.6 Å². The van der Waals surface area contributed by atoms with Crippen molar-refractivity contribution in [1.82, 2.24) is 10.7 Å². The van der Waals surface area contributed by atoms with Gasteiger partial charge in [-0.3, -0.25) is 15.0 Å². The fourth-order valence-corrected chi connectivity index (χ4v) is 3.41. The van der Waals surface area contributed by atoms with Crippen molar-refractivity contribution in [3.63, 3.8) is 0 Å². The van der Waals surface area contributed by atoms with E-state index in [1.807, 2.05) is 6.07 Å². The molecule has 0 aromatic heterocycles. The minimum absolute atomic E-state index is 0.0815. The molecule has 2 atom stereocenters. The second kappa shape index (κ2) is 8.70. The SMILES string of the molecule is C[C@@H]1CCCC[C@H]1NC(=O)COC(=O)C1=CCC(=O)N(c2ccccc2)N1. The van der Waals surface area contributed by atoms with E-state index in [1.54, 1.807) is 24.3 Å². The molecule has 1 aromatic rings. The minimum Gasteiger partial charge on any atom is -0.451 e.